The minimum Gasteiger partial charge on any atom is -0.507 e. The van der Waals surface area contributed by atoms with Crippen LogP contribution >= 0.6 is 0 Å². The number of ether oxygens (including phenoxy) is 1. The Hall–Kier alpha value is -3.92. The van der Waals surface area contributed by atoms with E-state index in [0.29, 0.717) is 17.9 Å². The number of nitro benzene ring substituents is 1. The molecule has 1 saturated heterocycles. The maximum atomic E-state index is 13.3. The molecule has 0 aliphatic carbocycles. The van der Waals surface area contributed by atoms with Crippen LogP contribution in [0.2, 0.25) is 0 Å². The molecule has 1 atom stereocenters. The van der Waals surface area contributed by atoms with Gasteiger partial charge >= 0.3 is 5.69 Å². The van der Waals surface area contributed by atoms with Gasteiger partial charge in [0.05, 0.1) is 23.6 Å². The Labute approximate surface area is 215 Å². The Morgan fingerprint density at radius 2 is 1.84 bits per heavy atom. The van der Waals surface area contributed by atoms with Gasteiger partial charge in [0.1, 0.15) is 11.5 Å². The van der Waals surface area contributed by atoms with E-state index in [-0.39, 0.29) is 29.4 Å². The largest absolute Gasteiger partial charge is 0.507 e. The first-order valence-corrected chi connectivity index (χ1v) is 12.2. The second-order valence-electron chi connectivity index (χ2n) is 9.14. The number of Topliss-reactive ketones (excluding diaryl/α,β-unsaturated/α-hetero) is 1. The van der Waals surface area contributed by atoms with E-state index in [1.165, 1.54) is 11.0 Å². The fraction of sp³-hybridized carbons (Fsp3) is 0.407. The van der Waals surface area contributed by atoms with Crippen LogP contribution in [0, 0.1) is 10.1 Å². The number of benzene rings is 2. The van der Waals surface area contributed by atoms with Crippen LogP contribution in [-0.4, -0.2) is 69.9 Å². The number of aromatic hydroxyl groups is 1. The molecule has 1 unspecified atom stereocenters. The minimum absolute atomic E-state index is 0.0507. The zero-order valence-electron chi connectivity index (χ0n) is 21.7. The number of phenolic OH excluding ortho intramolecular Hbond substituents is 1. The van der Waals surface area contributed by atoms with E-state index < -0.39 is 34.1 Å². The number of aliphatic hydroxyl groups is 1. The minimum atomic E-state index is -1.07. The van der Waals surface area contributed by atoms with E-state index in [2.05, 4.69) is 4.90 Å². The highest BCUT2D eigenvalue weighted by Crippen LogP contribution is 2.42. The van der Waals surface area contributed by atoms with Gasteiger partial charge in [0, 0.05) is 24.7 Å². The Bertz CT molecular complexity index is 1230. The Balaban J connectivity index is 2.22. The molecule has 0 aromatic heterocycles. The van der Waals surface area contributed by atoms with Gasteiger partial charge in [-0.3, -0.25) is 19.7 Å². The standard InChI is InChI=1S/C27H33N3O7/c1-6-28(7-2)12-13-29-24(17-8-10-21(31)20(15-17)30(35)36)23(26(33)27(29)34)25(32)18-9-11-22(37-5)19(14-18)16(3)4/h8-11,14-16,24,31-32H,6-7,12-13H2,1-5H3/b25-23-. The summed E-state index contributed by atoms with van der Waals surface area (Å²) in [5.41, 5.74) is 0.647. The maximum absolute atomic E-state index is 13.3. The third-order valence-corrected chi connectivity index (χ3v) is 6.73. The average Bonchev–Trinajstić information content (AvgIpc) is 3.13. The molecule has 2 aromatic rings. The topological polar surface area (TPSA) is 133 Å². The number of nitro groups is 1. The van der Waals surface area contributed by atoms with Crippen molar-refractivity contribution in [1.82, 2.24) is 9.80 Å². The van der Waals surface area contributed by atoms with E-state index in [9.17, 15) is 29.9 Å². The number of likely N-dealkylation sites (N-methyl/N-ethyl adjacent to an activating group) is 1. The Kier molecular flexibility index (Phi) is 8.54. The number of phenols is 1. The van der Waals surface area contributed by atoms with E-state index in [1.54, 1.807) is 25.3 Å². The predicted molar refractivity (Wildman–Crippen MR) is 139 cm³/mol. The second kappa shape index (κ2) is 11.4. The number of carbonyl (C=O) groups is 2. The molecule has 0 spiro atoms. The molecule has 0 radical (unpaired) electrons. The summed E-state index contributed by atoms with van der Waals surface area (Å²) in [6.45, 7) is 9.99. The van der Waals surface area contributed by atoms with E-state index in [1.807, 2.05) is 27.7 Å². The number of aliphatic hydroxyl groups excluding tert-OH is 1. The van der Waals surface area contributed by atoms with E-state index >= 15 is 0 Å². The van der Waals surface area contributed by atoms with Gasteiger partial charge < -0.3 is 24.7 Å². The zero-order chi connectivity index (χ0) is 27.4. The summed E-state index contributed by atoms with van der Waals surface area (Å²) >= 11 is 0. The molecule has 1 aliphatic heterocycles. The van der Waals surface area contributed by atoms with Gasteiger partial charge in [0.2, 0.25) is 0 Å². The molecule has 1 amide bonds. The molecule has 10 nitrogen and oxygen atoms in total. The maximum Gasteiger partial charge on any atom is 0.311 e. The van der Waals surface area contributed by atoms with Crippen LogP contribution in [0.4, 0.5) is 5.69 Å². The summed E-state index contributed by atoms with van der Waals surface area (Å²) in [7, 11) is 1.54. The first kappa shape index (κ1) is 27.7. The van der Waals surface area contributed by atoms with Crippen molar-refractivity contribution in [2.24, 2.45) is 0 Å². The van der Waals surface area contributed by atoms with Crippen molar-refractivity contribution in [3.8, 4) is 11.5 Å². The summed E-state index contributed by atoms with van der Waals surface area (Å²) in [6, 6.07) is 7.63. The number of hydrogen-bond donors (Lipinski definition) is 2. The third-order valence-electron chi connectivity index (χ3n) is 6.73. The smallest absolute Gasteiger partial charge is 0.311 e. The van der Waals surface area contributed by atoms with Crippen LogP contribution < -0.4 is 4.74 Å². The van der Waals surface area contributed by atoms with Crippen LogP contribution in [-0.2, 0) is 9.59 Å². The fourth-order valence-corrected chi connectivity index (χ4v) is 4.59. The van der Waals surface area contributed by atoms with E-state index in [0.717, 1.165) is 30.8 Å². The Morgan fingerprint density at radius 1 is 1.16 bits per heavy atom. The molecule has 37 heavy (non-hydrogen) atoms. The predicted octanol–water partition coefficient (Wildman–Crippen LogP) is 4.20. The number of hydrogen-bond acceptors (Lipinski definition) is 8. The lowest BCUT2D eigenvalue weighted by Crippen LogP contribution is -2.38. The van der Waals surface area contributed by atoms with E-state index in [4.69, 9.17) is 4.74 Å². The van der Waals surface area contributed by atoms with Crippen molar-refractivity contribution in [1.29, 1.82) is 0 Å². The lowest BCUT2D eigenvalue weighted by atomic mass is 9.93. The molecule has 198 valence electrons. The molecule has 0 bridgehead atoms. The summed E-state index contributed by atoms with van der Waals surface area (Å²) in [4.78, 5) is 40.7. The number of rotatable bonds is 10. The number of amides is 1. The molecule has 0 saturated carbocycles. The number of ketones is 1. The van der Waals surface area contributed by atoms with Crippen LogP contribution in [0.15, 0.2) is 42.0 Å². The highest BCUT2D eigenvalue weighted by atomic mass is 16.6. The fourth-order valence-electron chi connectivity index (χ4n) is 4.59. The molecule has 1 heterocycles. The van der Waals surface area contributed by atoms with Gasteiger partial charge in [-0.05, 0) is 54.4 Å². The van der Waals surface area contributed by atoms with Gasteiger partial charge in [-0.15, -0.1) is 0 Å². The Morgan fingerprint density at radius 3 is 2.41 bits per heavy atom. The van der Waals surface area contributed by atoms with Crippen LogP contribution in [0.3, 0.4) is 0 Å². The van der Waals surface area contributed by atoms with Crippen molar-refractivity contribution in [3.05, 3.63) is 68.8 Å². The summed E-state index contributed by atoms with van der Waals surface area (Å²) in [5.74, 6) is -1.92. The lowest BCUT2D eigenvalue weighted by Gasteiger charge is -2.28. The van der Waals surface area contributed by atoms with Crippen molar-refractivity contribution in [3.63, 3.8) is 0 Å². The summed E-state index contributed by atoms with van der Waals surface area (Å²) in [5, 5.41) is 32.9. The first-order chi connectivity index (χ1) is 17.5. The van der Waals surface area contributed by atoms with Crippen molar-refractivity contribution in [2.45, 2.75) is 39.7 Å². The number of methoxy groups -OCH3 is 1. The van der Waals surface area contributed by atoms with Crippen LogP contribution in [0.1, 0.15) is 56.3 Å². The van der Waals surface area contributed by atoms with Gasteiger partial charge in [0.25, 0.3) is 11.7 Å². The summed E-state index contributed by atoms with van der Waals surface area (Å²) in [6.07, 6.45) is 0. The van der Waals surface area contributed by atoms with Gasteiger partial charge in [-0.1, -0.05) is 33.8 Å². The molecular weight excluding hydrogens is 478 g/mol. The highest BCUT2D eigenvalue weighted by molar-refractivity contribution is 6.46. The molecule has 2 N–H and O–H groups in total. The normalized spacial score (nSPS) is 17.2. The molecular formula is C27H33N3O7. The number of nitrogens with zero attached hydrogens (tertiary/aromatic N) is 3. The third kappa shape index (κ3) is 5.43. The number of carbonyl (C=O) groups excluding carboxylic acids is 2. The molecule has 10 heteroatoms. The molecule has 1 fully saturated rings. The van der Waals surface area contributed by atoms with Crippen molar-refractivity contribution in [2.75, 3.05) is 33.3 Å². The zero-order valence-corrected chi connectivity index (χ0v) is 21.7. The molecule has 1 aliphatic rings. The first-order valence-electron chi connectivity index (χ1n) is 12.2. The molecule has 3 rings (SSSR count). The average molecular weight is 512 g/mol. The summed E-state index contributed by atoms with van der Waals surface area (Å²) < 4.78 is 5.42. The number of likely N-dealkylation sites (tertiary alicyclic amines) is 1. The van der Waals surface area contributed by atoms with Gasteiger partial charge in [0.15, 0.2) is 5.75 Å². The van der Waals surface area contributed by atoms with Gasteiger partial charge in [-0.2, -0.15) is 0 Å². The second-order valence-corrected chi connectivity index (χ2v) is 9.14. The molecule has 2 aromatic carbocycles. The SMILES string of the molecule is CCN(CC)CCN1C(=O)C(=O)/C(=C(\O)c2ccc(OC)c(C(C)C)c2)C1c1ccc(O)c([N+](=O)[O-])c1. The van der Waals surface area contributed by atoms with Gasteiger partial charge in [-0.25, -0.2) is 0 Å². The lowest BCUT2D eigenvalue weighted by molar-refractivity contribution is -0.385. The van der Waals surface area contributed by atoms with Crippen LogP contribution in [0.25, 0.3) is 5.76 Å². The van der Waals surface area contributed by atoms with Crippen molar-refractivity contribution >= 4 is 23.1 Å². The van der Waals surface area contributed by atoms with Crippen LogP contribution in [0.5, 0.6) is 11.5 Å². The quantitative estimate of drug-likeness (QED) is 0.159. The highest BCUT2D eigenvalue weighted by Gasteiger charge is 2.46. The van der Waals surface area contributed by atoms with Crippen molar-refractivity contribution < 1.29 is 29.5 Å². The monoisotopic (exact) mass is 511 g/mol.